The van der Waals surface area contributed by atoms with Crippen molar-refractivity contribution in [3.8, 4) is 0 Å². The quantitative estimate of drug-likeness (QED) is 0.517. The normalized spacial score (nSPS) is 18.9. The van der Waals surface area contributed by atoms with Gasteiger partial charge in [0.1, 0.15) is 23.0 Å². The van der Waals surface area contributed by atoms with Gasteiger partial charge in [-0.05, 0) is 54.8 Å². The van der Waals surface area contributed by atoms with Crippen molar-refractivity contribution in [1.29, 1.82) is 0 Å². The highest BCUT2D eigenvalue weighted by molar-refractivity contribution is 7.90. The summed E-state index contributed by atoms with van der Waals surface area (Å²) in [7, 11) is -3.02. The van der Waals surface area contributed by atoms with E-state index in [1.807, 2.05) is 4.72 Å². The molecule has 0 spiro atoms. The van der Waals surface area contributed by atoms with Crippen LogP contribution in [0.2, 0.25) is 0 Å². The monoisotopic (exact) mass is 517 g/mol. The molecule has 1 saturated carbocycles. The fourth-order valence-corrected chi connectivity index (χ4v) is 5.42. The van der Waals surface area contributed by atoms with Gasteiger partial charge in [-0.3, -0.25) is 4.79 Å². The fourth-order valence-electron chi connectivity index (χ4n) is 4.27. The van der Waals surface area contributed by atoms with Crippen molar-refractivity contribution in [3.63, 3.8) is 0 Å². The second-order valence-corrected chi connectivity index (χ2v) is 10.2. The molecule has 3 amide bonds. The molecule has 36 heavy (non-hydrogen) atoms. The Labute approximate surface area is 206 Å². The Morgan fingerprint density at radius 1 is 0.972 bits per heavy atom. The summed E-state index contributed by atoms with van der Waals surface area (Å²) in [6, 6.07) is 12.9. The average molecular weight is 518 g/mol. The molecule has 0 saturated heterocycles. The van der Waals surface area contributed by atoms with Crippen LogP contribution in [0, 0.1) is 24.4 Å². The number of carbonyl (C=O) groups is 2. The van der Waals surface area contributed by atoms with E-state index in [0.29, 0.717) is 11.6 Å². The third kappa shape index (κ3) is 4.78. The molecular formula is C25H22F3N3O4S. The summed E-state index contributed by atoms with van der Waals surface area (Å²) in [5.74, 6) is -4.15. The topological polar surface area (TPSA) is 95.6 Å². The smallest absolute Gasteiger partial charge is 0.322 e. The third-order valence-corrected chi connectivity index (χ3v) is 7.59. The Kier molecular flexibility index (Phi) is 6.52. The molecule has 7 nitrogen and oxygen atoms in total. The van der Waals surface area contributed by atoms with Gasteiger partial charge < -0.3 is 10.2 Å². The first-order chi connectivity index (χ1) is 16.9. The molecule has 3 aromatic rings. The number of likely N-dealkylation sites (N-methyl/N-ethyl adjacent to an activating group) is 1. The molecule has 11 heteroatoms. The Hall–Kier alpha value is -3.86. The van der Waals surface area contributed by atoms with Crippen LogP contribution in [-0.4, -0.2) is 32.9 Å². The largest absolute Gasteiger partial charge is 0.329 e. The van der Waals surface area contributed by atoms with Crippen LogP contribution in [0.15, 0.2) is 71.6 Å². The number of sulfonamides is 1. The van der Waals surface area contributed by atoms with Crippen molar-refractivity contribution in [2.24, 2.45) is 0 Å². The average Bonchev–Trinajstić information content (AvgIpc) is 3.52. The maximum absolute atomic E-state index is 14.4. The van der Waals surface area contributed by atoms with Crippen LogP contribution in [0.1, 0.15) is 23.5 Å². The zero-order chi connectivity index (χ0) is 26.3. The Morgan fingerprint density at radius 3 is 2.22 bits per heavy atom. The molecule has 0 heterocycles. The van der Waals surface area contributed by atoms with E-state index >= 15 is 0 Å². The molecule has 4 rings (SSSR count). The predicted molar refractivity (Wildman–Crippen MR) is 126 cm³/mol. The first-order valence-corrected chi connectivity index (χ1v) is 12.3. The molecule has 1 unspecified atom stereocenters. The van der Waals surface area contributed by atoms with E-state index in [1.54, 1.807) is 19.1 Å². The van der Waals surface area contributed by atoms with Crippen molar-refractivity contribution in [2.45, 2.75) is 29.7 Å². The Bertz CT molecular complexity index is 1440. The highest BCUT2D eigenvalue weighted by atomic mass is 32.2. The van der Waals surface area contributed by atoms with E-state index in [9.17, 15) is 31.2 Å². The van der Waals surface area contributed by atoms with Crippen LogP contribution < -0.4 is 14.9 Å². The van der Waals surface area contributed by atoms with Crippen molar-refractivity contribution in [2.75, 3.05) is 11.9 Å². The minimum Gasteiger partial charge on any atom is -0.322 e. The number of amides is 3. The number of anilines is 1. The maximum Gasteiger partial charge on any atom is 0.329 e. The van der Waals surface area contributed by atoms with Gasteiger partial charge in [0.05, 0.1) is 10.6 Å². The molecule has 188 valence electrons. The SMILES string of the molecule is Cc1ccccc1S(=O)(=O)NC(=O)N[C@@]1(C(=O)N(C)c2ccccc2F)CC1c1cc(F)cc(F)c1. The number of hydrogen-bond acceptors (Lipinski definition) is 4. The number of nitrogens with one attached hydrogen (secondary N) is 2. The number of urea groups is 1. The summed E-state index contributed by atoms with van der Waals surface area (Å²) in [6.07, 6.45) is -0.0919. The van der Waals surface area contributed by atoms with E-state index in [1.165, 1.54) is 37.4 Å². The van der Waals surface area contributed by atoms with Crippen molar-refractivity contribution >= 4 is 27.6 Å². The minimum atomic E-state index is -4.30. The van der Waals surface area contributed by atoms with E-state index in [2.05, 4.69) is 5.32 Å². The number of halogens is 3. The van der Waals surface area contributed by atoms with Crippen LogP contribution in [0.3, 0.4) is 0 Å². The summed E-state index contributed by atoms with van der Waals surface area (Å²) < 4.78 is 69.6. The van der Waals surface area contributed by atoms with Gasteiger partial charge in [0.25, 0.3) is 15.9 Å². The summed E-state index contributed by atoms with van der Waals surface area (Å²) in [6.45, 7) is 1.55. The highest BCUT2D eigenvalue weighted by Crippen LogP contribution is 2.53. The molecule has 0 bridgehead atoms. The van der Waals surface area contributed by atoms with Crippen LogP contribution in [-0.2, 0) is 14.8 Å². The molecule has 1 aliphatic rings. The molecule has 0 aliphatic heterocycles. The van der Waals surface area contributed by atoms with Crippen LogP contribution >= 0.6 is 0 Å². The van der Waals surface area contributed by atoms with Crippen molar-refractivity contribution in [1.82, 2.24) is 10.0 Å². The Morgan fingerprint density at radius 2 is 1.58 bits per heavy atom. The van der Waals surface area contributed by atoms with Gasteiger partial charge in [-0.2, -0.15) is 0 Å². The van der Waals surface area contributed by atoms with Gasteiger partial charge in [0.15, 0.2) is 0 Å². The summed E-state index contributed by atoms with van der Waals surface area (Å²) in [5, 5.41) is 2.38. The van der Waals surface area contributed by atoms with Gasteiger partial charge in [-0.25, -0.2) is 31.1 Å². The summed E-state index contributed by atoms with van der Waals surface area (Å²) in [4.78, 5) is 27.2. The second kappa shape index (κ2) is 9.30. The lowest BCUT2D eigenvalue weighted by molar-refractivity contribution is -0.121. The number of aryl methyl sites for hydroxylation is 1. The molecule has 3 aromatic carbocycles. The third-order valence-electron chi connectivity index (χ3n) is 6.09. The van der Waals surface area contributed by atoms with Gasteiger partial charge in [0.2, 0.25) is 0 Å². The lowest BCUT2D eigenvalue weighted by atomic mass is 10.0. The van der Waals surface area contributed by atoms with Gasteiger partial charge in [0, 0.05) is 19.0 Å². The zero-order valence-electron chi connectivity index (χ0n) is 19.3. The standard InChI is InChI=1S/C25H22F3N3O4S/c1-15-7-3-6-10-22(15)36(34,35)30-24(33)29-25(14-19(25)16-11-17(26)13-18(27)12-16)23(32)31(2)21-9-5-4-8-20(21)28/h3-13,19H,14H2,1-2H3,(H2,29,30,33)/t19?,25-/m0/s1. The number of rotatable bonds is 6. The van der Waals surface area contributed by atoms with Gasteiger partial charge in [-0.15, -0.1) is 0 Å². The first kappa shape index (κ1) is 25.2. The number of benzene rings is 3. The number of nitrogens with zero attached hydrogens (tertiary/aromatic N) is 1. The van der Waals surface area contributed by atoms with Crippen molar-refractivity contribution < 1.29 is 31.2 Å². The van der Waals surface area contributed by atoms with Crippen LogP contribution in [0.25, 0.3) is 0 Å². The van der Waals surface area contributed by atoms with Crippen molar-refractivity contribution in [3.05, 3.63) is 95.3 Å². The number of hydrogen-bond donors (Lipinski definition) is 2. The minimum absolute atomic E-state index is 0.0878. The molecule has 2 N–H and O–H groups in total. The second-order valence-electron chi connectivity index (χ2n) is 8.57. The number of para-hydroxylation sites is 1. The summed E-state index contributed by atoms with van der Waals surface area (Å²) >= 11 is 0. The lowest BCUT2D eigenvalue weighted by Crippen LogP contribution is -2.54. The van der Waals surface area contributed by atoms with Crippen LogP contribution in [0.5, 0.6) is 0 Å². The van der Waals surface area contributed by atoms with Crippen LogP contribution in [0.4, 0.5) is 23.7 Å². The van der Waals surface area contributed by atoms with E-state index < -0.39 is 50.9 Å². The van der Waals surface area contributed by atoms with Gasteiger partial charge >= 0.3 is 6.03 Å². The molecule has 0 radical (unpaired) electrons. The molecule has 2 atom stereocenters. The van der Waals surface area contributed by atoms with E-state index in [4.69, 9.17) is 0 Å². The number of carbonyl (C=O) groups excluding carboxylic acids is 2. The first-order valence-electron chi connectivity index (χ1n) is 10.8. The predicted octanol–water partition coefficient (Wildman–Crippen LogP) is 3.99. The molecule has 1 fully saturated rings. The molecule has 1 aliphatic carbocycles. The Balaban J connectivity index is 1.66. The maximum atomic E-state index is 14.4. The molecule has 0 aromatic heterocycles. The lowest BCUT2D eigenvalue weighted by Gasteiger charge is -2.26. The van der Waals surface area contributed by atoms with E-state index in [-0.39, 0.29) is 22.6 Å². The molecular weight excluding hydrogens is 495 g/mol. The van der Waals surface area contributed by atoms with Gasteiger partial charge in [-0.1, -0.05) is 30.3 Å². The van der Waals surface area contributed by atoms with E-state index in [0.717, 1.165) is 23.1 Å². The summed E-state index contributed by atoms with van der Waals surface area (Å²) in [5.41, 5.74) is -1.39. The fraction of sp³-hybridized carbons (Fsp3) is 0.200. The zero-order valence-corrected chi connectivity index (χ0v) is 20.1. The highest BCUT2D eigenvalue weighted by Gasteiger charge is 2.63.